The van der Waals surface area contributed by atoms with Crippen molar-refractivity contribution >= 4 is 17.8 Å². The number of imide groups is 1. The number of carboxylic acid groups (broad SMARTS) is 1. The summed E-state index contributed by atoms with van der Waals surface area (Å²) < 4.78 is 0. The topological polar surface area (TPSA) is 127 Å². The molecule has 3 rings (SSSR count). The van der Waals surface area contributed by atoms with Crippen LogP contribution < -0.4 is 11.5 Å². The van der Waals surface area contributed by atoms with Crippen molar-refractivity contribution < 1.29 is 19.5 Å². The molecular weight excluding hydrogens is 334 g/mol. The number of amides is 2. The average molecular weight is 359 g/mol. The second-order valence-corrected chi connectivity index (χ2v) is 7.32. The predicted octanol–water partition coefficient (Wildman–Crippen LogP) is 0.514. The molecule has 0 aromatic heterocycles. The van der Waals surface area contributed by atoms with E-state index in [2.05, 4.69) is 0 Å². The molecule has 1 saturated heterocycles. The molecule has 0 bridgehead atoms. The highest BCUT2D eigenvalue weighted by molar-refractivity contribution is 6.05. The van der Waals surface area contributed by atoms with Crippen LogP contribution in [0.3, 0.4) is 0 Å². The Bertz CT molecular complexity index is 708. The SMILES string of the molecule is NCC[C@@H](C(=O)O)N1C(=O)CC[C@@]2(CC2[C@@H](N)Cc2ccccc2)C1=O. The van der Waals surface area contributed by atoms with Gasteiger partial charge >= 0.3 is 5.97 Å². The molecule has 2 amide bonds. The molecule has 1 spiro atoms. The van der Waals surface area contributed by atoms with Crippen molar-refractivity contribution in [1.29, 1.82) is 0 Å². The number of carboxylic acids is 1. The zero-order valence-electron chi connectivity index (χ0n) is 14.6. The lowest BCUT2D eigenvalue weighted by atomic mass is 9.86. The van der Waals surface area contributed by atoms with E-state index < -0.39 is 23.3 Å². The van der Waals surface area contributed by atoms with Crippen molar-refractivity contribution in [2.24, 2.45) is 22.8 Å². The molecule has 1 heterocycles. The van der Waals surface area contributed by atoms with Crippen LogP contribution in [-0.2, 0) is 20.8 Å². The van der Waals surface area contributed by atoms with Crippen LogP contribution in [0, 0.1) is 11.3 Å². The first-order valence-corrected chi connectivity index (χ1v) is 8.99. The number of likely N-dealkylation sites (tertiary alicyclic amines) is 1. The Morgan fingerprint density at radius 3 is 2.62 bits per heavy atom. The highest BCUT2D eigenvalue weighted by atomic mass is 16.4. The summed E-state index contributed by atoms with van der Waals surface area (Å²) >= 11 is 0. The molecule has 26 heavy (non-hydrogen) atoms. The fourth-order valence-corrected chi connectivity index (χ4v) is 4.20. The third-order valence-corrected chi connectivity index (χ3v) is 5.70. The van der Waals surface area contributed by atoms with E-state index in [1.165, 1.54) is 0 Å². The van der Waals surface area contributed by atoms with E-state index in [0.29, 0.717) is 19.3 Å². The van der Waals surface area contributed by atoms with Crippen molar-refractivity contribution in [2.45, 2.75) is 44.2 Å². The van der Waals surface area contributed by atoms with E-state index in [0.717, 1.165) is 10.5 Å². The summed E-state index contributed by atoms with van der Waals surface area (Å²) in [4.78, 5) is 37.8. The lowest BCUT2D eigenvalue weighted by Crippen LogP contribution is -2.55. The van der Waals surface area contributed by atoms with E-state index in [1.807, 2.05) is 30.3 Å². The standard InChI is InChI=1S/C19H25N3O4/c20-9-7-15(17(24)25)22-16(23)6-8-19(18(22)26)11-13(19)14(21)10-12-4-2-1-3-5-12/h1-5,13-15H,6-11,20-21H2,(H,24,25)/t13?,14-,15-,19-/m0/s1. The van der Waals surface area contributed by atoms with Gasteiger partial charge in [0.25, 0.3) is 0 Å². The maximum absolute atomic E-state index is 13.1. The third-order valence-electron chi connectivity index (χ3n) is 5.70. The summed E-state index contributed by atoms with van der Waals surface area (Å²) in [5, 5.41) is 9.43. The predicted molar refractivity (Wildman–Crippen MR) is 94.8 cm³/mol. The number of benzene rings is 1. The van der Waals surface area contributed by atoms with Gasteiger partial charge in [-0.25, -0.2) is 4.79 Å². The van der Waals surface area contributed by atoms with Crippen LogP contribution in [0.4, 0.5) is 0 Å². The maximum atomic E-state index is 13.1. The van der Waals surface area contributed by atoms with Crippen LogP contribution >= 0.6 is 0 Å². The Kier molecular flexibility index (Phi) is 5.11. The monoisotopic (exact) mass is 359 g/mol. The van der Waals surface area contributed by atoms with E-state index in [9.17, 15) is 19.5 Å². The van der Waals surface area contributed by atoms with Crippen molar-refractivity contribution in [2.75, 3.05) is 6.54 Å². The first kappa shape index (κ1) is 18.5. The highest BCUT2D eigenvalue weighted by Crippen LogP contribution is 2.60. The molecule has 1 aromatic carbocycles. The summed E-state index contributed by atoms with van der Waals surface area (Å²) in [6, 6.07) is 8.43. The van der Waals surface area contributed by atoms with Gasteiger partial charge in [-0.05, 0) is 43.7 Å². The Balaban J connectivity index is 1.76. The molecule has 1 unspecified atom stereocenters. The number of hydrogen-bond acceptors (Lipinski definition) is 5. The normalized spacial score (nSPS) is 27.5. The molecule has 0 radical (unpaired) electrons. The lowest BCUT2D eigenvalue weighted by molar-refractivity contribution is -0.164. The summed E-state index contributed by atoms with van der Waals surface area (Å²) in [5.74, 6) is -2.04. The van der Waals surface area contributed by atoms with Crippen LogP contribution in [0.5, 0.6) is 0 Å². The number of nitrogens with zero attached hydrogens (tertiary/aromatic N) is 1. The number of hydrogen-bond donors (Lipinski definition) is 3. The average Bonchev–Trinajstić information content (AvgIpc) is 3.35. The van der Waals surface area contributed by atoms with Crippen molar-refractivity contribution in [3.8, 4) is 0 Å². The largest absolute Gasteiger partial charge is 0.480 e. The van der Waals surface area contributed by atoms with Crippen LogP contribution in [0.15, 0.2) is 30.3 Å². The molecule has 2 aliphatic rings. The van der Waals surface area contributed by atoms with Gasteiger partial charge in [0.15, 0.2) is 0 Å². The number of carbonyl (C=O) groups excluding carboxylic acids is 2. The minimum Gasteiger partial charge on any atom is -0.480 e. The minimum atomic E-state index is -1.19. The summed E-state index contributed by atoms with van der Waals surface area (Å²) in [7, 11) is 0. The van der Waals surface area contributed by atoms with Gasteiger partial charge in [-0.3, -0.25) is 14.5 Å². The molecule has 5 N–H and O–H groups in total. The molecule has 1 saturated carbocycles. The zero-order chi connectivity index (χ0) is 18.9. The molecule has 4 atom stereocenters. The Morgan fingerprint density at radius 1 is 1.31 bits per heavy atom. The van der Waals surface area contributed by atoms with Gasteiger partial charge in [0.2, 0.25) is 11.8 Å². The molecule has 1 aliphatic carbocycles. The van der Waals surface area contributed by atoms with Gasteiger partial charge in [0.1, 0.15) is 6.04 Å². The van der Waals surface area contributed by atoms with E-state index in [4.69, 9.17) is 11.5 Å². The third kappa shape index (κ3) is 3.24. The number of aliphatic carboxylic acids is 1. The maximum Gasteiger partial charge on any atom is 0.326 e. The number of piperidine rings is 1. The molecule has 7 nitrogen and oxygen atoms in total. The van der Waals surface area contributed by atoms with E-state index in [1.54, 1.807) is 0 Å². The van der Waals surface area contributed by atoms with Crippen molar-refractivity contribution in [1.82, 2.24) is 4.90 Å². The van der Waals surface area contributed by atoms with Gasteiger partial charge in [-0.1, -0.05) is 30.3 Å². The van der Waals surface area contributed by atoms with Crippen LogP contribution in [-0.4, -0.2) is 46.4 Å². The summed E-state index contributed by atoms with van der Waals surface area (Å²) in [6.07, 6.45) is 1.94. The van der Waals surface area contributed by atoms with Gasteiger partial charge < -0.3 is 16.6 Å². The first-order chi connectivity index (χ1) is 12.4. The van der Waals surface area contributed by atoms with Crippen LogP contribution in [0.2, 0.25) is 0 Å². The minimum absolute atomic E-state index is 0.0295. The fourth-order valence-electron chi connectivity index (χ4n) is 4.20. The molecule has 1 aliphatic heterocycles. The molecule has 140 valence electrons. The van der Waals surface area contributed by atoms with Crippen molar-refractivity contribution in [3.63, 3.8) is 0 Å². The van der Waals surface area contributed by atoms with Gasteiger partial charge in [-0.2, -0.15) is 0 Å². The van der Waals surface area contributed by atoms with E-state index >= 15 is 0 Å². The number of rotatable bonds is 7. The molecule has 2 fully saturated rings. The first-order valence-electron chi connectivity index (χ1n) is 8.99. The lowest BCUT2D eigenvalue weighted by Gasteiger charge is -2.35. The smallest absolute Gasteiger partial charge is 0.326 e. The van der Waals surface area contributed by atoms with Crippen LogP contribution in [0.25, 0.3) is 0 Å². The Morgan fingerprint density at radius 2 is 2.00 bits per heavy atom. The number of carbonyl (C=O) groups is 3. The highest BCUT2D eigenvalue weighted by Gasteiger charge is 2.65. The molecule has 7 heteroatoms. The summed E-state index contributed by atoms with van der Waals surface area (Å²) in [5.41, 5.74) is 12.2. The second-order valence-electron chi connectivity index (χ2n) is 7.32. The van der Waals surface area contributed by atoms with E-state index in [-0.39, 0.29) is 37.3 Å². The van der Waals surface area contributed by atoms with Gasteiger partial charge in [0.05, 0.1) is 5.41 Å². The van der Waals surface area contributed by atoms with Crippen LogP contribution in [0.1, 0.15) is 31.2 Å². The van der Waals surface area contributed by atoms with Crippen molar-refractivity contribution in [3.05, 3.63) is 35.9 Å². The van der Waals surface area contributed by atoms with Gasteiger partial charge in [-0.15, -0.1) is 0 Å². The molecular formula is C19H25N3O4. The Hall–Kier alpha value is -2.25. The fraction of sp³-hybridized carbons (Fsp3) is 0.526. The second kappa shape index (κ2) is 7.17. The zero-order valence-corrected chi connectivity index (χ0v) is 14.6. The molecule has 1 aromatic rings. The quantitative estimate of drug-likeness (QED) is 0.609. The summed E-state index contributed by atoms with van der Waals surface area (Å²) in [6.45, 7) is 0.0952. The number of nitrogens with two attached hydrogens (primary N) is 2. The van der Waals surface area contributed by atoms with Gasteiger partial charge in [0, 0.05) is 12.5 Å². The Labute approximate surface area is 152 Å².